The Hall–Kier alpha value is -3.99. The Labute approximate surface area is 214 Å². The van der Waals surface area contributed by atoms with Crippen molar-refractivity contribution in [2.45, 2.75) is 38.8 Å². The number of anilines is 4. The summed E-state index contributed by atoms with van der Waals surface area (Å²) in [5.41, 5.74) is 1.64. The third-order valence-corrected chi connectivity index (χ3v) is 6.93. The van der Waals surface area contributed by atoms with Crippen LogP contribution in [0.1, 0.15) is 32.3 Å². The van der Waals surface area contributed by atoms with Crippen LogP contribution < -0.4 is 15.5 Å². The molecule has 2 fully saturated rings. The molecule has 11 heteroatoms. The van der Waals surface area contributed by atoms with E-state index in [4.69, 9.17) is 15.1 Å². The second-order valence-corrected chi connectivity index (χ2v) is 9.46. The van der Waals surface area contributed by atoms with Gasteiger partial charge in [-0.3, -0.25) is 5.10 Å². The van der Waals surface area contributed by atoms with Crippen LogP contribution in [0.2, 0.25) is 0 Å². The zero-order valence-electron chi connectivity index (χ0n) is 20.9. The highest BCUT2D eigenvalue weighted by Crippen LogP contribution is 2.35. The van der Waals surface area contributed by atoms with Gasteiger partial charge in [-0.05, 0) is 51.0 Å². The number of ether oxygens (including phenoxy) is 1. The number of halogens is 1. The van der Waals surface area contributed by atoms with Gasteiger partial charge < -0.3 is 30.6 Å². The SMILES string of the molecule is CC1CCCN1C(=O)Nc1ccc(-c2cc(N3CCOC[C@H]3C)nc(Nc3ccn[nH]3)c2C=N)c(F)c1. The standard InChI is InChI=1S/C26H31FN8O2/c1-16-4-3-9-35(16)26(36)30-18-5-6-19(22(27)12-18)20-13-24(34-10-11-37-15-17(34)2)32-25(21(20)14-28)31-23-7-8-29-33-23/h5-8,12-14,16-17,28H,3-4,9-11,15H2,1-2H3,(H,30,36)(H2,29,31,32,33)/t16?,17-/m1/s1. The molecule has 0 saturated carbocycles. The second-order valence-electron chi connectivity index (χ2n) is 9.46. The van der Waals surface area contributed by atoms with Crippen molar-refractivity contribution in [1.29, 1.82) is 5.41 Å². The predicted octanol–water partition coefficient (Wildman–Crippen LogP) is 4.59. The van der Waals surface area contributed by atoms with Crippen molar-refractivity contribution in [2.75, 3.05) is 41.8 Å². The Bertz CT molecular complexity index is 1280. The molecule has 194 valence electrons. The molecule has 3 aromatic rings. The van der Waals surface area contributed by atoms with Gasteiger partial charge >= 0.3 is 6.03 Å². The molecule has 2 aliphatic heterocycles. The number of likely N-dealkylation sites (tertiary alicyclic amines) is 1. The van der Waals surface area contributed by atoms with Crippen LogP contribution in [0.3, 0.4) is 0 Å². The van der Waals surface area contributed by atoms with Gasteiger partial charge in [-0.1, -0.05) is 0 Å². The van der Waals surface area contributed by atoms with Gasteiger partial charge in [-0.15, -0.1) is 0 Å². The van der Waals surface area contributed by atoms with Gasteiger partial charge in [0.25, 0.3) is 0 Å². The molecule has 37 heavy (non-hydrogen) atoms. The summed E-state index contributed by atoms with van der Waals surface area (Å²) in [5, 5.41) is 20.9. The molecule has 2 amide bonds. The number of morpholine rings is 1. The molecule has 10 nitrogen and oxygen atoms in total. The molecule has 2 saturated heterocycles. The molecule has 0 radical (unpaired) electrons. The smallest absolute Gasteiger partial charge is 0.322 e. The maximum absolute atomic E-state index is 15.6. The Morgan fingerprint density at radius 1 is 1.22 bits per heavy atom. The predicted molar refractivity (Wildman–Crippen MR) is 141 cm³/mol. The highest BCUT2D eigenvalue weighted by Gasteiger charge is 2.26. The summed E-state index contributed by atoms with van der Waals surface area (Å²) < 4.78 is 21.2. The first-order valence-corrected chi connectivity index (χ1v) is 12.5. The van der Waals surface area contributed by atoms with Crippen LogP contribution >= 0.6 is 0 Å². The fraction of sp³-hybridized carbons (Fsp3) is 0.385. The molecule has 2 aliphatic rings. The van der Waals surface area contributed by atoms with Gasteiger partial charge in [0.15, 0.2) is 0 Å². The van der Waals surface area contributed by atoms with Crippen molar-refractivity contribution in [3.05, 3.63) is 47.9 Å². The molecule has 1 aromatic carbocycles. The fourth-order valence-corrected chi connectivity index (χ4v) is 4.91. The number of nitrogens with one attached hydrogen (secondary N) is 4. The van der Waals surface area contributed by atoms with Gasteiger partial charge in [-0.2, -0.15) is 5.10 Å². The lowest BCUT2D eigenvalue weighted by Gasteiger charge is -2.35. The van der Waals surface area contributed by atoms with Gasteiger partial charge in [-0.25, -0.2) is 14.2 Å². The normalized spacial score (nSPS) is 19.6. The number of nitrogens with zero attached hydrogens (tertiary/aromatic N) is 4. The van der Waals surface area contributed by atoms with E-state index in [1.807, 2.05) is 19.9 Å². The number of carbonyl (C=O) groups is 1. The molecule has 0 aliphatic carbocycles. The number of aromatic amines is 1. The second kappa shape index (κ2) is 10.6. The lowest BCUT2D eigenvalue weighted by molar-refractivity contribution is 0.0985. The number of urea groups is 1. The van der Waals surface area contributed by atoms with Crippen LogP contribution in [-0.4, -0.2) is 70.7 Å². The van der Waals surface area contributed by atoms with Crippen LogP contribution in [0.5, 0.6) is 0 Å². The van der Waals surface area contributed by atoms with E-state index in [2.05, 4.69) is 25.7 Å². The summed E-state index contributed by atoms with van der Waals surface area (Å²) in [6.07, 6.45) is 4.71. The van der Waals surface area contributed by atoms with Crippen molar-refractivity contribution < 1.29 is 13.9 Å². The highest BCUT2D eigenvalue weighted by atomic mass is 19.1. The number of rotatable bonds is 6. The maximum atomic E-state index is 15.6. The van der Waals surface area contributed by atoms with Gasteiger partial charge in [0.2, 0.25) is 0 Å². The van der Waals surface area contributed by atoms with Crippen LogP contribution in [0.15, 0.2) is 36.5 Å². The van der Waals surface area contributed by atoms with Crippen LogP contribution in [0.25, 0.3) is 11.1 Å². The Kier molecular flexibility index (Phi) is 7.04. The summed E-state index contributed by atoms with van der Waals surface area (Å²) in [7, 11) is 0. The fourth-order valence-electron chi connectivity index (χ4n) is 4.91. The first-order valence-electron chi connectivity index (χ1n) is 12.5. The van der Waals surface area contributed by atoms with Crippen LogP contribution in [0.4, 0.5) is 32.3 Å². The number of carbonyl (C=O) groups excluding carboxylic acids is 1. The van der Waals surface area contributed by atoms with Crippen LogP contribution in [-0.2, 0) is 4.74 Å². The molecule has 4 heterocycles. The minimum absolute atomic E-state index is 0.0790. The number of hydrogen-bond donors (Lipinski definition) is 4. The van der Waals surface area contributed by atoms with E-state index in [1.165, 1.54) is 6.07 Å². The van der Waals surface area contributed by atoms with E-state index < -0.39 is 5.82 Å². The Morgan fingerprint density at radius 3 is 2.76 bits per heavy atom. The van der Waals surface area contributed by atoms with E-state index in [0.29, 0.717) is 66.1 Å². The average molecular weight is 507 g/mol. The van der Waals surface area contributed by atoms with E-state index in [1.54, 1.807) is 29.3 Å². The van der Waals surface area contributed by atoms with Crippen molar-refractivity contribution >= 4 is 35.4 Å². The first-order chi connectivity index (χ1) is 17.9. The van der Waals surface area contributed by atoms with Crippen molar-refractivity contribution in [3.8, 4) is 11.1 Å². The number of amides is 2. The average Bonchev–Trinajstić information content (AvgIpc) is 3.56. The lowest BCUT2D eigenvalue weighted by Crippen LogP contribution is -2.44. The zero-order valence-corrected chi connectivity index (χ0v) is 20.9. The zero-order chi connectivity index (χ0) is 25.9. The number of pyridine rings is 1. The van der Waals surface area contributed by atoms with E-state index in [-0.39, 0.29) is 18.1 Å². The minimum Gasteiger partial charge on any atom is -0.377 e. The minimum atomic E-state index is -0.505. The van der Waals surface area contributed by atoms with Crippen molar-refractivity contribution in [2.24, 2.45) is 0 Å². The van der Waals surface area contributed by atoms with Crippen LogP contribution in [0, 0.1) is 11.2 Å². The first kappa shape index (κ1) is 24.7. The summed E-state index contributed by atoms with van der Waals surface area (Å²) in [5.74, 6) is 1.15. The molecular formula is C26H31FN8O2. The monoisotopic (exact) mass is 506 g/mol. The lowest BCUT2D eigenvalue weighted by atomic mass is 9.99. The summed E-state index contributed by atoms with van der Waals surface area (Å²) in [4.78, 5) is 21.3. The number of hydrogen-bond acceptors (Lipinski definition) is 7. The molecule has 4 N–H and O–H groups in total. The molecule has 0 spiro atoms. The van der Waals surface area contributed by atoms with Gasteiger partial charge in [0, 0.05) is 53.8 Å². The largest absolute Gasteiger partial charge is 0.377 e. The summed E-state index contributed by atoms with van der Waals surface area (Å²) in [6, 6.07) is 8.21. The van der Waals surface area contributed by atoms with Crippen molar-refractivity contribution in [3.63, 3.8) is 0 Å². The quantitative estimate of drug-likeness (QED) is 0.363. The van der Waals surface area contributed by atoms with Gasteiger partial charge in [0.1, 0.15) is 23.3 Å². The summed E-state index contributed by atoms with van der Waals surface area (Å²) >= 11 is 0. The van der Waals surface area contributed by atoms with Gasteiger partial charge in [0.05, 0.1) is 25.5 Å². The number of H-pyrrole nitrogens is 1. The van der Waals surface area contributed by atoms with E-state index in [9.17, 15) is 4.79 Å². The highest BCUT2D eigenvalue weighted by molar-refractivity contribution is 5.97. The Balaban J connectivity index is 1.52. The molecule has 2 atom stereocenters. The third kappa shape index (κ3) is 5.12. The molecule has 5 rings (SSSR count). The third-order valence-electron chi connectivity index (χ3n) is 6.93. The molecule has 2 aromatic heterocycles. The van der Waals surface area contributed by atoms with E-state index in [0.717, 1.165) is 19.1 Å². The van der Waals surface area contributed by atoms with Crippen molar-refractivity contribution in [1.82, 2.24) is 20.1 Å². The summed E-state index contributed by atoms with van der Waals surface area (Å²) in [6.45, 7) is 6.53. The molecule has 1 unspecified atom stereocenters. The topological polar surface area (TPSA) is 122 Å². The number of aromatic nitrogens is 3. The molecule has 0 bridgehead atoms. The molecular weight excluding hydrogens is 475 g/mol. The Morgan fingerprint density at radius 2 is 2.08 bits per heavy atom. The van der Waals surface area contributed by atoms with E-state index >= 15 is 4.39 Å². The number of benzene rings is 1. The maximum Gasteiger partial charge on any atom is 0.322 e.